The molecule has 0 radical (unpaired) electrons. The van der Waals surface area contributed by atoms with Crippen LogP contribution in [0.3, 0.4) is 0 Å². The number of fused-ring (bicyclic) bond motifs is 1. The van der Waals surface area contributed by atoms with Gasteiger partial charge in [0.15, 0.2) is 0 Å². The molecule has 1 aromatic carbocycles. The second-order valence-corrected chi connectivity index (χ2v) is 3.02. The number of nitrogens with zero attached hydrogens (tertiary/aromatic N) is 4. The third-order valence-electron chi connectivity index (χ3n) is 2.10. The summed E-state index contributed by atoms with van der Waals surface area (Å²) in [5.41, 5.74) is 10.1. The van der Waals surface area contributed by atoms with Crippen molar-refractivity contribution in [3.05, 3.63) is 46.6 Å². The molecule has 0 fully saturated rings. The summed E-state index contributed by atoms with van der Waals surface area (Å²) in [6, 6.07) is 5.61. The van der Waals surface area contributed by atoms with E-state index in [1.54, 1.807) is 18.5 Å². The van der Waals surface area contributed by atoms with Gasteiger partial charge in [-0.3, -0.25) is 4.98 Å². The van der Waals surface area contributed by atoms with Crippen LogP contribution in [0.1, 0.15) is 5.56 Å². The number of pyridine rings is 1. The van der Waals surface area contributed by atoms with Crippen LogP contribution >= 0.6 is 0 Å². The Labute approximate surface area is 80.8 Å². The van der Waals surface area contributed by atoms with E-state index in [9.17, 15) is 0 Å². The molecule has 0 saturated heterocycles. The Bertz CT molecular complexity index is 521. The molecule has 1 heterocycles. The smallest absolute Gasteiger partial charge is 0.0457 e. The van der Waals surface area contributed by atoms with Crippen LogP contribution in [0.4, 0.5) is 5.69 Å². The maximum Gasteiger partial charge on any atom is 0.0457 e. The summed E-state index contributed by atoms with van der Waals surface area (Å²) in [4.78, 5) is 6.88. The van der Waals surface area contributed by atoms with Crippen LogP contribution in [0.2, 0.25) is 0 Å². The van der Waals surface area contributed by atoms with Gasteiger partial charge < -0.3 is 0 Å². The first-order valence-electron chi connectivity index (χ1n) is 4.21. The van der Waals surface area contributed by atoms with Gasteiger partial charge in [0, 0.05) is 28.4 Å². The molecule has 2 rings (SSSR count). The van der Waals surface area contributed by atoms with Crippen LogP contribution in [0.25, 0.3) is 21.2 Å². The lowest BCUT2D eigenvalue weighted by molar-refractivity contribution is 1.30. The maximum atomic E-state index is 8.41. The molecule has 0 aliphatic carbocycles. The van der Waals surface area contributed by atoms with Crippen LogP contribution in [-0.2, 0) is 0 Å². The molecule has 0 atom stereocenters. The highest BCUT2D eigenvalue weighted by molar-refractivity contribution is 5.94. The lowest BCUT2D eigenvalue weighted by Crippen LogP contribution is -1.81. The van der Waals surface area contributed by atoms with Gasteiger partial charge in [-0.1, -0.05) is 23.3 Å². The summed E-state index contributed by atoms with van der Waals surface area (Å²) < 4.78 is 0. The van der Waals surface area contributed by atoms with Gasteiger partial charge in [-0.05, 0) is 23.4 Å². The van der Waals surface area contributed by atoms with Gasteiger partial charge in [0.1, 0.15) is 0 Å². The topological polar surface area (TPSA) is 61.7 Å². The van der Waals surface area contributed by atoms with E-state index in [1.165, 1.54) is 0 Å². The van der Waals surface area contributed by atoms with E-state index in [4.69, 9.17) is 5.53 Å². The highest BCUT2D eigenvalue weighted by atomic mass is 15.1. The average molecular weight is 184 g/mol. The molecule has 0 N–H and O–H groups in total. The molecule has 4 nitrogen and oxygen atoms in total. The largest absolute Gasteiger partial charge is 0.264 e. The number of hydrogen-bond acceptors (Lipinski definition) is 2. The van der Waals surface area contributed by atoms with Crippen molar-refractivity contribution in [2.24, 2.45) is 5.11 Å². The van der Waals surface area contributed by atoms with E-state index in [0.29, 0.717) is 5.69 Å². The van der Waals surface area contributed by atoms with E-state index >= 15 is 0 Å². The van der Waals surface area contributed by atoms with Gasteiger partial charge >= 0.3 is 0 Å². The summed E-state index contributed by atoms with van der Waals surface area (Å²) in [7, 11) is 0. The lowest BCUT2D eigenvalue weighted by Gasteiger charge is -2.03. The van der Waals surface area contributed by atoms with E-state index in [2.05, 4.69) is 15.0 Å². The molecule has 68 valence electrons. The quantitative estimate of drug-likeness (QED) is 0.380. The van der Waals surface area contributed by atoms with Crippen LogP contribution < -0.4 is 0 Å². The first kappa shape index (κ1) is 8.53. The first-order chi connectivity index (χ1) is 6.83. The third kappa shape index (κ3) is 1.28. The van der Waals surface area contributed by atoms with E-state index in [0.717, 1.165) is 16.3 Å². The van der Waals surface area contributed by atoms with Crippen LogP contribution in [0.15, 0.2) is 35.7 Å². The van der Waals surface area contributed by atoms with E-state index in [-0.39, 0.29) is 0 Å². The summed E-state index contributed by atoms with van der Waals surface area (Å²) >= 11 is 0. The zero-order valence-corrected chi connectivity index (χ0v) is 7.68. The monoisotopic (exact) mass is 184 g/mol. The van der Waals surface area contributed by atoms with Crippen molar-refractivity contribution in [1.82, 2.24) is 4.98 Å². The molecule has 0 unspecified atom stereocenters. The average Bonchev–Trinajstić information content (AvgIpc) is 2.19. The molecule has 2 aromatic rings. The van der Waals surface area contributed by atoms with Crippen LogP contribution in [0.5, 0.6) is 0 Å². The predicted octanol–water partition coefficient (Wildman–Crippen LogP) is 3.49. The number of azide groups is 1. The van der Waals surface area contributed by atoms with Gasteiger partial charge in [0.2, 0.25) is 0 Å². The molecule has 0 saturated carbocycles. The summed E-state index contributed by atoms with van der Waals surface area (Å²) in [5.74, 6) is 0. The van der Waals surface area contributed by atoms with Crippen LogP contribution in [0, 0.1) is 6.92 Å². The zero-order valence-electron chi connectivity index (χ0n) is 7.68. The Balaban J connectivity index is 2.90. The minimum atomic E-state index is 0.657. The highest BCUT2D eigenvalue weighted by Crippen LogP contribution is 2.27. The van der Waals surface area contributed by atoms with Crippen molar-refractivity contribution in [3.63, 3.8) is 0 Å². The third-order valence-corrected chi connectivity index (χ3v) is 2.10. The molecular formula is C10H8N4. The first-order valence-corrected chi connectivity index (χ1v) is 4.21. The zero-order chi connectivity index (χ0) is 9.97. The van der Waals surface area contributed by atoms with Crippen LogP contribution in [-0.4, -0.2) is 4.98 Å². The second-order valence-electron chi connectivity index (χ2n) is 3.02. The lowest BCUT2D eigenvalue weighted by atomic mass is 10.1. The van der Waals surface area contributed by atoms with E-state index < -0.39 is 0 Å². The van der Waals surface area contributed by atoms with Crippen molar-refractivity contribution in [2.45, 2.75) is 6.92 Å². The molecular weight excluding hydrogens is 176 g/mol. The summed E-state index contributed by atoms with van der Waals surface area (Å²) in [6.07, 6.45) is 3.53. The number of hydrogen-bond donors (Lipinski definition) is 0. The van der Waals surface area contributed by atoms with Crippen molar-refractivity contribution in [2.75, 3.05) is 0 Å². The van der Waals surface area contributed by atoms with Gasteiger partial charge in [-0.15, -0.1) is 0 Å². The molecule has 0 aliphatic heterocycles. The van der Waals surface area contributed by atoms with Gasteiger partial charge in [0.25, 0.3) is 0 Å². The second kappa shape index (κ2) is 3.36. The van der Waals surface area contributed by atoms with Gasteiger partial charge in [-0.25, -0.2) is 0 Å². The number of benzene rings is 1. The molecule has 0 spiro atoms. The molecule has 0 bridgehead atoms. The van der Waals surface area contributed by atoms with Gasteiger partial charge in [0.05, 0.1) is 0 Å². The fraction of sp³-hybridized carbons (Fsp3) is 0.100. The minimum Gasteiger partial charge on any atom is -0.264 e. The van der Waals surface area contributed by atoms with Gasteiger partial charge in [-0.2, -0.15) is 0 Å². The molecule has 0 amide bonds. The Morgan fingerprint density at radius 3 is 3.00 bits per heavy atom. The molecule has 0 aliphatic rings. The Morgan fingerprint density at radius 1 is 1.36 bits per heavy atom. The maximum absolute atomic E-state index is 8.41. The number of aryl methyl sites for hydroxylation is 1. The number of aromatic nitrogens is 1. The summed E-state index contributed by atoms with van der Waals surface area (Å²) in [5, 5.41) is 5.62. The van der Waals surface area contributed by atoms with Crippen molar-refractivity contribution < 1.29 is 0 Å². The Kier molecular flexibility index (Phi) is 2.05. The highest BCUT2D eigenvalue weighted by Gasteiger charge is 2.01. The SMILES string of the molecule is Cc1cncc2cccc(N=[N+]=[N-])c12. The Hall–Kier alpha value is -2.06. The molecule has 4 heteroatoms. The van der Waals surface area contributed by atoms with Crippen molar-refractivity contribution in [1.29, 1.82) is 0 Å². The summed E-state index contributed by atoms with van der Waals surface area (Å²) in [6.45, 7) is 1.95. The fourth-order valence-electron chi connectivity index (χ4n) is 1.52. The number of rotatable bonds is 1. The van der Waals surface area contributed by atoms with E-state index in [1.807, 2.05) is 19.1 Å². The Morgan fingerprint density at radius 2 is 2.21 bits per heavy atom. The fourth-order valence-corrected chi connectivity index (χ4v) is 1.52. The van der Waals surface area contributed by atoms with Crippen molar-refractivity contribution >= 4 is 16.5 Å². The minimum absolute atomic E-state index is 0.657. The van der Waals surface area contributed by atoms with Crippen molar-refractivity contribution in [3.8, 4) is 0 Å². The molecule has 1 aromatic heterocycles. The molecule has 14 heavy (non-hydrogen) atoms. The normalized spacial score (nSPS) is 9.79. The standard InChI is InChI=1S/C10H8N4/c1-7-5-12-6-8-3-2-4-9(10(7)8)13-14-11/h2-6H,1H3. The predicted molar refractivity (Wildman–Crippen MR) is 55.3 cm³/mol.